The standard InChI is InChI=1S/C16H6ClF12P/c17-30(11-5-4-7(13(18,19)20)6-10(11)16(27,28)29)12-8(14(21,22)23)2-1-3-9(12)15(24,25)26/h1-6H. The topological polar surface area (TPSA) is 0 Å². The van der Waals surface area contributed by atoms with Gasteiger partial charge in [0.2, 0.25) is 0 Å². The van der Waals surface area contributed by atoms with Crippen molar-refractivity contribution in [3.63, 3.8) is 0 Å². The van der Waals surface area contributed by atoms with E-state index in [1.165, 1.54) is 0 Å². The fourth-order valence-electron chi connectivity index (χ4n) is 2.44. The van der Waals surface area contributed by atoms with E-state index in [-0.39, 0.29) is 24.3 Å². The van der Waals surface area contributed by atoms with Crippen LogP contribution in [0, 0.1) is 0 Å². The second-order valence-electron chi connectivity index (χ2n) is 5.71. The molecule has 0 radical (unpaired) electrons. The van der Waals surface area contributed by atoms with E-state index < -0.39 is 70.9 Å². The molecule has 1 atom stereocenters. The molecule has 2 rings (SSSR count). The van der Waals surface area contributed by atoms with Crippen LogP contribution < -0.4 is 10.6 Å². The number of hydrogen-bond donors (Lipinski definition) is 0. The third-order valence-electron chi connectivity index (χ3n) is 3.68. The van der Waals surface area contributed by atoms with Crippen LogP contribution in [-0.2, 0) is 24.7 Å². The maximum Gasteiger partial charge on any atom is 0.417 e. The van der Waals surface area contributed by atoms with Crippen molar-refractivity contribution in [3.05, 3.63) is 58.7 Å². The summed E-state index contributed by atoms with van der Waals surface area (Å²) in [5, 5.41) is -3.01. The second-order valence-corrected chi connectivity index (χ2v) is 8.21. The number of halogens is 13. The van der Waals surface area contributed by atoms with Crippen molar-refractivity contribution in [1.82, 2.24) is 0 Å². The zero-order valence-corrected chi connectivity index (χ0v) is 15.5. The molecule has 0 bridgehead atoms. The molecule has 0 fully saturated rings. The van der Waals surface area contributed by atoms with Crippen LogP contribution in [0.25, 0.3) is 0 Å². The molecule has 166 valence electrons. The van der Waals surface area contributed by atoms with E-state index in [1.54, 1.807) is 0 Å². The molecule has 0 aliphatic carbocycles. The van der Waals surface area contributed by atoms with Gasteiger partial charge in [-0.1, -0.05) is 23.4 Å². The summed E-state index contributed by atoms with van der Waals surface area (Å²) in [4.78, 5) is 0. The quantitative estimate of drug-likeness (QED) is 0.304. The van der Waals surface area contributed by atoms with E-state index in [9.17, 15) is 52.7 Å². The molecule has 0 heterocycles. The molecule has 14 heteroatoms. The normalized spacial score (nSPS) is 14.7. The van der Waals surface area contributed by atoms with Gasteiger partial charge in [-0.15, -0.1) is 0 Å². The van der Waals surface area contributed by atoms with Crippen LogP contribution in [0.5, 0.6) is 0 Å². The van der Waals surface area contributed by atoms with Crippen molar-refractivity contribution in [2.24, 2.45) is 0 Å². The fourth-order valence-corrected chi connectivity index (χ4v) is 5.11. The van der Waals surface area contributed by atoms with Gasteiger partial charge >= 0.3 is 24.7 Å². The number of benzene rings is 2. The maximum absolute atomic E-state index is 13.3. The average Bonchev–Trinajstić information content (AvgIpc) is 2.56. The Kier molecular flexibility index (Phi) is 6.38. The molecule has 0 aliphatic rings. The van der Waals surface area contributed by atoms with Crippen LogP contribution >= 0.6 is 18.5 Å². The minimum absolute atomic E-state index is 0.103. The Morgan fingerprint density at radius 2 is 1.00 bits per heavy atom. The minimum Gasteiger partial charge on any atom is -0.166 e. The molecule has 30 heavy (non-hydrogen) atoms. The number of rotatable bonds is 2. The highest BCUT2D eigenvalue weighted by Crippen LogP contribution is 2.50. The van der Waals surface area contributed by atoms with Gasteiger partial charge in [-0.2, -0.15) is 52.7 Å². The van der Waals surface area contributed by atoms with Crippen molar-refractivity contribution in [2.75, 3.05) is 0 Å². The molecule has 2 aromatic carbocycles. The van der Waals surface area contributed by atoms with Crippen LogP contribution in [0.3, 0.4) is 0 Å². The summed E-state index contributed by atoms with van der Waals surface area (Å²) in [6.45, 7) is 0. The summed E-state index contributed by atoms with van der Waals surface area (Å²) >= 11 is 5.72. The summed E-state index contributed by atoms with van der Waals surface area (Å²) in [6, 6.07) is 0.617. The van der Waals surface area contributed by atoms with Gasteiger partial charge in [0.25, 0.3) is 0 Å². The van der Waals surface area contributed by atoms with Crippen molar-refractivity contribution in [3.8, 4) is 0 Å². The molecular weight excluding hydrogens is 487 g/mol. The smallest absolute Gasteiger partial charge is 0.166 e. The minimum atomic E-state index is -5.53. The van der Waals surface area contributed by atoms with Crippen molar-refractivity contribution < 1.29 is 52.7 Å². The van der Waals surface area contributed by atoms with Gasteiger partial charge in [0.1, 0.15) is 0 Å². The van der Waals surface area contributed by atoms with Gasteiger partial charge < -0.3 is 0 Å². The van der Waals surface area contributed by atoms with Crippen LogP contribution in [0.15, 0.2) is 36.4 Å². The maximum atomic E-state index is 13.3. The SMILES string of the molecule is FC(F)(F)c1ccc(P(Cl)c2c(C(F)(F)F)cccc2C(F)(F)F)c(C(F)(F)F)c1. The van der Waals surface area contributed by atoms with E-state index in [4.69, 9.17) is 11.2 Å². The Bertz CT molecular complexity index is 892. The second kappa shape index (κ2) is 7.78. The van der Waals surface area contributed by atoms with Crippen LogP contribution in [0.2, 0.25) is 0 Å². The summed E-state index contributed by atoms with van der Waals surface area (Å²) in [5.74, 6) is 0. The molecular formula is C16H6ClF12P. The van der Waals surface area contributed by atoms with Gasteiger partial charge in [-0.05, 0) is 24.3 Å². The van der Waals surface area contributed by atoms with Crippen molar-refractivity contribution in [2.45, 2.75) is 24.7 Å². The van der Waals surface area contributed by atoms with Gasteiger partial charge in [0, 0.05) is 10.6 Å². The first-order valence-electron chi connectivity index (χ1n) is 7.37. The monoisotopic (exact) mass is 492 g/mol. The molecule has 0 aliphatic heterocycles. The molecule has 1 unspecified atom stereocenters. The average molecular weight is 493 g/mol. The molecule has 0 N–H and O–H groups in total. The van der Waals surface area contributed by atoms with E-state index >= 15 is 0 Å². The largest absolute Gasteiger partial charge is 0.417 e. The van der Waals surface area contributed by atoms with Gasteiger partial charge in [0.15, 0.2) is 0 Å². The number of alkyl halides is 12. The van der Waals surface area contributed by atoms with Crippen LogP contribution in [0.4, 0.5) is 52.7 Å². The summed E-state index contributed by atoms with van der Waals surface area (Å²) < 4.78 is 158. The lowest BCUT2D eigenvalue weighted by Crippen LogP contribution is -2.30. The zero-order chi connectivity index (χ0) is 23.3. The van der Waals surface area contributed by atoms with E-state index in [2.05, 4.69) is 0 Å². The van der Waals surface area contributed by atoms with Gasteiger partial charge in [0.05, 0.1) is 29.5 Å². The highest BCUT2D eigenvalue weighted by molar-refractivity contribution is 7.95. The lowest BCUT2D eigenvalue weighted by atomic mass is 10.1. The van der Waals surface area contributed by atoms with E-state index in [0.717, 1.165) is 0 Å². The third kappa shape index (κ3) is 5.14. The summed E-state index contributed by atoms with van der Waals surface area (Å²) in [5.41, 5.74) is -7.75. The summed E-state index contributed by atoms with van der Waals surface area (Å²) in [6.07, 6.45) is -21.6. The predicted molar refractivity (Wildman–Crippen MR) is 84.9 cm³/mol. The highest BCUT2D eigenvalue weighted by Gasteiger charge is 2.45. The van der Waals surface area contributed by atoms with Crippen LogP contribution in [0.1, 0.15) is 22.3 Å². The van der Waals surface area contributed by atoms with Gasteiger partial charge in [-0.3, -0.25) is 0 Å². The summed E-state index contributed by atoms with van der Waals surface area (Å²) in [7, 11) is -3.53. The molecule has 0 saturated heterocycles. The Balaban J connectivity index is 2.85. The van der Waals surface area contributed by atoms with E-state index in [0.29, 0.717) is 6.07 Å². The Hall–Kier alpha value is -1.68. The van der Waals surface area contributed by atoms with E-state index in [1.807, 2.05) is 0 Å². The Morgan fingerprint density at radius 3 is 1.37 bits per heavy atom. The van der Waals surface area contributed by atoms with Gasteiger partial charge in [-0.25, -0.2) is 0 Å². The molecule has 0 nitrogen and oxygen atoms in total. The first-order chi connectivity index (χ1) is 13.3. The molecule has 2 aromatic rings. The lowest BCUT2D eigenvalue weighted by molar-refractivity contribution is -0.143. The molecule has 0 aromatic heterocycles. The fraction of sp³-hybridized carbons (Fsp3) is 0.250. The number of hydrogen-bond acceptors (Lipinski definition) is 0. The lowest BCUT2D eigenvalue weighted by Gasteiger charge is -2.24. The Morgan fingerprint density at radius 1 is 0.567 bits per heavy atom. The molecule has 0 amide bonds. The highest BCUT2D eigenvalue weighted by atomic mass is 35.7. The first-order valence-corrected chi connectivity index (χ1v) is 9.61. The van der Waals surface area contributed by atoms with Crippen molar-refractivity contribution >= 4 is 29.1 Å². The molecule has 0 spiro atoms. The van der Waals surface area contributed by atoms with Crippen molar-refractivity contribution in [1.29, 1.82) is 0 Å². The third-order valence-corrected chi connectivity index (χ3v) is 6.42. The molecule has 0 saturated carbocycles. The first kappa shape index (κ1) is 24.6. The Labute approximate surface area is 166 Å². The zero-order valence-electron chi connectivity index (χ0n) is 13.8. The predicted octanol–water partition coefficient (Wildman–Crippen LogP) is 7.35. The van der Waals surface area contributed by atoms with Crippen LogP contribution in [-0.4, -0.2) is 0 Å².